The zero-order chi connectivity index (χ0) is 10.7. The van der Waals surface area contributed by atoms with E-state index >= 15 is 0 Å². The summed E-state index contributed by atoms with van der Waals surface area (Å²) in [6, 6.07) is 2.18. The number of rotatable bonds is 2. The highest BCUT2D eigenvalue weighted by Crippen LogP contribution is 2.21. The van der Waals surface area contributed by atoms with Crippen LogP contribution < -0.4 is 5.73 Å². The van der Waals surface area contributed by atoms with Crippen LogP contribution in [0.3, 0.4) is 0 Å². The zero-order valence-electron chi connectivity index (χ0n) is 6.93. The quantitative estimate of drug-likeness (QED) is 0.644. The average Bonchev–Trinajstić information content (AvgIpc) is 2.10. The summed E-state index contributed by atoms with van der Waals surface area (Å²) >= 11 is 2.73. The minimum absolute atomic E-state index is 0.228. The molecule has 0 heterocycles. The Hall–Kier alpha value is -1.23. The van der Waals surface area contributed by atoms with Gasteiger partial charge in [-0.1, -0.05) is 0 Å². The molecule has 0 bridgehead atoms. The maximum atomic E-state index is 12.9. The van der Waals surface area contributed by atoms with Crippen molar-refractivity contribution >= 4 is 27.9 Å². The summed E-state index contributed by atoms with van der Waals surface area (Å²) in [6.45, 7) is 0. The molecule has 1 aromatic rings. The fourth-order valence-corrected chi connectivity index (χ4v) is 1.08. The van der Waals surface area contributed by atoms with Crippen molar-refractivity contribution in [2.75, 3.05) is 0 Å². The standard InChI is InChI=1S/C9H6BrF2NO/c10-9-6(11)3-5(4-7(9)12)1-2-8(13)14/h1-4H,(H2,13,14). The molecule has 0 spiro atoms. The molecular formula is C9H6BrF2NO. The molecule has 2 N–H and O–H groups in total. The number of carbonyl (C=O) groups is 1. The van der Waals surface area contributed by atoms with Crippen molar-refractivity contribution in [3.05, 3.63) is 39.9 Å². The Morgan fingerprint density at radius 3 is 2.29 bits per heavy atom. The van der Waals surface area contributed by atoms with Crippen molar-refractivity contribution in [3.8, 4) is 0 Å². The van der Waals surface area contributed by atoms with E-state index in [4.69, 9.17) is 5.73 Å². The molecule has 1 aromatic carbocycles. The predicted octanol–water partition coefficient (Wildman–Crippen LogP) is 2.23. The Bertz CT molecular complexity index is 381. The SMILES string of the molecule is NC(=O)C=Cc1cc(F)c(Br)c(F)c1. The Kier molecular flexibility index (Phi) is 3.35. The van der Waals surface area contributed by atoms with E-state index in [0.717, 1.165) is 18.2 Å². The number of benzene rings is 1. The highest BCUT2D eigenvalue weighted by Gasteiger charge is 2.06. The van der Waals surface area contributed by atoms with Gasteiger partial charge in [0.05, 0.1) is 4.47 Å². The molecule has 0 aliphatic heterocycles. The van der Waals surface area contributed by atoms with Crippen molar-refractivity contribution < 1.29 is 13.6 Å². The number of hydrogen-bond acceptors (Lipinski definition) is 1. The number of nitrogens with two attached hydrogens (primary N) is 1. The molecule has 2 nitrogen and oxygen atoms in total. The van der Waals surface area contributed by atoms with E-state index in [1.165, 1.54) is 6.08 Å². The second-order valence-electron chi connectivity index (χ2n) is 2.53. The Morgan fingerprint density at radius 2 is 1.86 bits per heavy atom. The molecule has 0 aliphatic rings. The van der Waals surface area contributed by atoms with Crippen LogP contribution in [0.25, 0.3) is 6.08 Å². The van der Waals surface area contributed by atoms with Crippen LogP contribution in [-0.4, -0.2) is 5.91 Å². The van der Waals surface area contributed by atoms with Crippen LogP contribution in [0, 0.1) is 11.6 Å². The molecule has 0 aromatic heterocycles. The lowest BCUT2D eigenvalue weighted by atomic mass is 10.2. The summed E-state index contributed by atoms with van der Waals surface area (Å²) < 4.78 is 25.6. The fraction of sp³-hybridized carbons (Fsp3) is 0. The van der Waals surface area contributed by atoms with Crippen LogP contribution in [-0.2, 0) is 4.79 Å². The first kappa shape index (κ1) is 10.8. The minimum Gasteiger partial charge on any atom is -0.366 e. The van der Waals surface area contributed by atoms with E-state index in [1.807, 2.05) is 0 Å². The van der Waals surface area contributed by atoms with E-state index in [9.17, 15) is 13.6 Å². The van der Waals surface area contributed by atoms with Gasteiger partial charge in [0.1, 0.15) is 11.6 Å². The molecule has 0 radical (unpaired) electrons. The average molecular weight is 262 g/mol. The lowest BCUT2D eigenvalue weighted by Gasteiger charge is -1.98. The van der Waals surface area contributed by atoms with Gasteiger partial charge in [-0.15, -0.1) is 0 Å². The second-order valence-corrected chi connectivity index (χ2v) is 3.33. The first-order valence-corrected chi connectivity index (χ1v) is 4.42. The summed E-state index contributed by atoms with van der Waals surface area (Å²) in [7, 11) is 0. The van der Waals surface area contributed by atoms with E-state index < -0.39 is 17.5 Å². The van der Waals surface area contributed by atoms with Gasteiger partial charge in [0.15, 0.2) is 0 Å². The highest BCUT2D eigenvalue weighted by atomic mass is 79.9. The predicted molar refractivity (Wildman–Crippen MR) is 52.3 cm³/mol. The van der Waals surface area contributed by atoms with Crippen LogP contribution in [0.4, 0.5) is 8.78 Å². The number of primary amides is 1. The molecule has 14 heavy (non-hydrogen) atoms. The van der Waals surface area contributed by atoms with Crippen LogP contribution in [0.5, 0.6) is 0 Å². The number of halogens is 3. The van der Waals surface area contributed by atoms with Crippen molar-refractivity contribution in [2.24, 2.45) is 5.73 Å². The smallest absolute Gasteiger partial charge is 0.241 e. The second kappa shape index (κ2) is 4.32. The number of carbonyl (C=O) groups excluding carboxylic acids is 1. The highest BCUT2D eigenvalue weighted by molar-refractivity contribution is 9.10. The monoisotopic (exact) mass is 261 g/mol. The molecule has 0 fully saturated rings. The van der Waals surface area contributed by atoms with E-state index in [2.05, 4.69) is 15.9 Å². The van der Waals surface area contributed by atoms with Gasteiger partial charge in [0, 0.05) is 6.08 Å². The summed E-state index contributed by atoms with van der Waals surface area (Å²) in [5.74, 6) is -2.13. The largest absolute Gasteiger partial charge is 0.366 e. The van der Waals surface area contributed by atoms with Gasteiger partial charge in [-0.3, -0.25) is 4.79 Å². The van der Waals surface area contributed by atoms with Crippen molar-refractivity contribution in [1.82, 2.24) is 0 Å². The van der Waals surface area contributed by atoms with Gasteiger partial charge in [-0.05, 0) is 39.7 Å². The summed E-state index contributed by atoms with van der Waals surface area (Å²) in [4.78, 5) is 10.3. The van der Waals surface area contributed by atoms with Crippen LogP contribution in [0.15, 0.2) is 22.7 Å². The summed E-state index contributed by atoms with van der Waals surface area (Å²) in [5.41, 5.74) is 5.06. The lowest BCUT2D eigenvalue weighted by Crippen LogP contribution is -2.05. The van der Waals surface area contributed by atoms with E-state index in [-0.39, 0.29) is 10.0 Å². The van der Waals surface area contributed by atoms with Crippen molar-refractivity contribution in [2.45, 2.75) is 0 Å². The molecule has 0 aliphatic carbocycles. The van der Waals surface area contributed by atoms with Gasteiger partial charge in [-0.2, -0.15) is 0 Å². The number of hydrogen-bond donors (Lipinski definition) is 1. The van der Waals surface area contributed by atoms with Crippen molar-refractivity contribution in [1.29, 1.82) is 0 Å². The molecule has 0 saturated carbocycles. The van der Waals surface area contributed by atoms with Crippen LogP contribution in [0.1, 0.15) is 5.56 Å². The van der Waals surface area contributed by atoms with E-state index in [0.29, 0.717) is 0 Å². The Labute approximate surface area is 87.5 Å². The molecule has 1 rings (SSSR count). The third-order valence-electron chi connectivity index (χ3n) is 1.45. The fourth-order valence-electron chi connectivity index (χ4n) is 0.850. The molecule has 74 valence electrons. The normalized spacial score (nSPS) is 10.8. The molecule has 5 heteroatoms. The van der Waals surface area contributed by atoms with Gasteiger partial charge in [-0.25, -0.2) is 8.78 Å². The first-order valence-electron chi connectivity index (χ1n) is 3.63. The van der Waals surface area contributed by atoms with Gasteiger partial charge in [0.2, 0.25) is 5.91 Å². The Balaban J connectivity index is 3.07. The van der Waals surface area contributed by atoms with Gasteiger partial charge >= 0.3 is 0 Å². The minimum atomic E-state index is -0.728. The van der Waals surface area contributed by atoms with Gasteiger partial charge < -0.3 is 5.73 Å². The summed E-state index contributed by atoms with van der Waals surface area (Å²) in [5, 5.41) is 0. The molecule has 0 unspecified atom stereocenters. The first-order chi connectivity index (χ1) is 6.50. The maximum Gasteiger partial charge on any atom is 0.241 e. The van der Waals surface area contributed by atoms with Crippen molar-refractivity contribution in [3.63, 3.8) is 0 Å². The molecule has 0 atom stereocenters. The molecule has 1 amide bonds. The summed E-state index contributed by atoms with van der Waals surface area (Å²) in [6.07, 6.45) is 2.27. The van der Waals surface area contributed by atoms with Gasteiger partial charge in [0.25, 0.3) is 0 Å². The molecular weight excluding hydrogens is 256 g/mol. The third kappa shape index (κ3) is 2.63. The lowest BCUT2D eigenvalue weighted by molar-refractivity contribution is -0.113. The maximum absolute atomic E-state index is 12.9. The van der Waals surface area contributed by atoms with E-state index in [1.54, 1.807) is 0 Å². The number of amides is 1. The van der Waals surface area contributed by atoms with Crippen LogP contribution >= 0.6 is 15.9 Å². The third-order valence-corrected chi connectivity index (χ3v) is 2.20. The molecule has 0 saturated heterocycles. The zero-order valence-corrected chi connectivity index (χ0v) is 8.51. The topological polar surface area (TPSA) is 43.1 Å². The Morgan fingerprint density at radius 1 is 1.36 bits per heavy atom. The van der Waals surface area contributed by atoms with Crippen LogP contribution in [0.2, 0.25) is 0 Å².